The molecule has 0 saturated carbocycles. The van der Waals surface area contributed by atoms with E-state index in [-0.39, 0.29) is 32.7 Å². The summed E-state index contributed by atoms with van der Waals surface area (Å²) in [5.74, 6) is 0.699. The Morgan fingerprint density at radius 2 is 2.14 bits per heavy atom. The van der Waals surface area contributed by atoms with Crippen LogP contribution in [0.2, 0.25) is 0 Å². The van der Waals surface area contributed by atoms with Gasteiger partial charge in [0.05, 0.1) is 0 Å². The van der Waals surface area contributed by atoms with Gasteiger partial charge in [0.15, 0.2) is 0 Å². The summed E-state index contributed by atoms with van der Waals surface area (Å²) < 4.78 is 0. The van der Waals surface area contributed by atoms with Crippen molar-refractivity contribution >= 4 is 0 Å². The van der Waals surface area contributed by atoms with Crippen LogP contribution >= 0.6 is 0 Å². The molecular formula is C6H12Y-2. The van der Waals surface area contributed by atoms with Crippen LogP contribution in [0.25, 0.3) is 0 Å². The smallest absolute Gasteiger partial charge is 0 e. The number of hydrogen-bond acceptors (Lipinski definition) is 0. The molecule has 1 unspecified atom stereocenters. The Bertz CT molecular complexity index is 23.4. The van der Waals surface area contributed by atoms with Crippen LogP contribution in [0.3, 0.4) is 0 Å². The Kier molecular flexibility index (Phi) is 11.1. The molecule has 0 rings (SSSR count). The fourth-order valence-electron chi connectivity index (χ4n) is 0.167. The second-order valence-corrected chi connectivity index (χ2v) is 1.60. The molecule has 7 heavy (non-hydrogen) atoms. The van der Waals surface area contributed by atoms with E-state index in [1.165, 1.54) is 0 Å². The molecule has 0 aliphatic carbocycles. The van der Waals surface area contributed by atoms with Crippen LogP contribution in [0.4, 0.5) is 0 Å². The zero-order valence-corrected chi connectivity index (χ0v) is 7.98. The molecule has 0 spiro atoms. The van der Waals surface area contributed by atoms with E-state index < -0.39 is 0 Å². The van der Waals surface area contributed by atoms with Crippen molar-refractivity contribution < 1.29 is 32.7 Å². The molecule has 0 N–H and O–H groups in total. The van der Waals surface area contributed by atoms with Gasteiger partial charge in [-0.3, -0.25) is 0 Å². The minimum Gasteiger partial charge on any atom is -0.345 e. The Morgan fingerprint density at radius 1 is 1.71 bits per heavy atom. The van der Waals surface area contributed by atoms with Gasteiger partial charge in [0, 0.05) is 32.7 Å². The fourth-order valence-corrected chi connectivity index (χ4v) is 0.167. The van der Waals surface area contributed by atoms with Crippen molar-refractivity contribution in [2.24, 2.45) is 5.92 Å². The summed E-state index contributed by atoms with van der Waals surface area (Å²) in [6.45, 7) is 7.95. The molecule has 41 valence electrons. The number of hydrogen-bond donors (Lipinski definition) is 0. The summed E-state index contributed by atoms with van der Waals surface area (Å²) in [7, 11) is 0. The third kappa shape index (κ3) is 7.10. The van der Waals surface area contributed by atoms with Crippen molar-refractivity contribution in [1.29, 1.82) is 0 Å². The van der Waals surface area contributed by atoms with Gasteiger partial charge in [-0.2, -0.15) is 12.8 Å². The van der Waals surface area contributed by atoms with Crippen LogP contribution in [0.15, 0.2) is 0 Å². The van der Waals surface area contributed by atoms with E-state index in [9.17, 15) is 0 Å². The minimum atomic E-state index is 0. The summed E-state index contributed by atoms with van der Waals surface area (Å²) in [5.41, 5.74) is 0. The van der Waals surface area contributed by atoms with Crippen molar-refractivity contribution in [2.45, 2.75) is 20.3 Å². The first-order valence-corrected chi connectivity index (χ1v) is 2.40. The molecule has 1 heteroatoms. The van der Waals surface area contributed by atoms with Gasteiger partial charge in [-0.1, -0.05) is 6.92 Å². The zero-order chi connectivity index (χ0) is 4.99. The third-order valence-corrected chi connectivity index (χ3v) is 1.02. The van der Waals surface area contributed by atoms with Crippen LogP contribution in [0.5, 0.6) is 0 Å². The van der Waals surface area contributed by atoms with E-state index in [0.29, 0.717) is 5.92 Å². The largest absolute Gasteiger partial charge is 0.345 e. The molecule has 0 aromatic rings. The zero-order valence-electron chi connectivity index (χ0n) is 5.15. The maximum Gasteiger partial charge on any atom is 0 e. The van der Waals surface area contributed by atoms with Gasteiger partial charge in [0.2, 0.25) is 0 Å². The standard InChI is InChI=1S/C6H12.Y/c1-4-6(3)5-2;/h5-6H,1,4H2,2-3H3;/q-2;. The van der Waals surface area contributed by atoms with Crippen LogP contribution in [0, 0.1) is 19.3 Å². The Hall–Kier alpha value is 1.10. The molecule has 0 fully saturated rings. The minimum absolute atomic E-state index is 0. The molecule has 1 radical (unpaired) electrons. The topological polar surface area (TPSA) is 0 Å². The molecule has 0 aliphatic heterocycles. The number of rotatable bonds is 2. The van der Waals surface area contributed by atoms with E-state index >= 15 is 0 Å². The van der Waals surface area contributed by atoms with Crippen molar-refractivity contribution in [2.75, 3.05) is 0 Å². The molecule has 0 heterocycles. The van der Waals surface area contributed by atoms with Gasteiger partial charge in [-0.25, -0.2) is 6.42 Å². The molecule has 0 saturated heterocycles. The Balaban J connectivity index is 0. The van der Waals surface area contributed by atoms with Gasteiger partial charge in [0.1, 0.15) is 0 Å². The first-order chi connectivity index (χ1) is 2.81. The van der Waals surface area contributed by atoms with Gasteiger partial charge < -0.3 is 13.3 Å². The summed E-state index contributed by atoms with van der Waals surface area (Å²) in [4.78, 5) is 0. The van der Waals surface area contributed by atoms with Crippen LogP contribution in [-0.2, 0) is 32.7 Å². The molecule has 0 nitrogen and oxygen atoms in total. The van der Waals surface area contributed by atoms with Crippen molar-refractivity contribution in [1.82, 2.24) is 0 Å². The fraction of sp³-hybridized carbons (Fsp3) is 0.667. The third-order valence-electron chi connectivity index (χ3n) is 1.02. The van der Waals surface area contributed by atoms with E-state index in [0.717, 1.165) is 6.42 Å². The average molecular weight is 173 g/mol. The summed E-state index contributed by atoms with van der Waals surface area (Å²) in [6.07, 6.45) is 3.18. The van der Waals surface area contributed by atoms with E-state index in [4.69, 9.17) is 0 Å². The molecule has 0 aromatic carbocycles. The molecule has 1 atom stereocenters. The second-order valence-electron chi connectivity index (χ2n) is 1.60. The first-order valence-electron chi connectivity index (χ1n) is 2.40. The van der Waals surface area contributed by atoms with Crippen molar-refractivity contribution in [3.8, 4) is 0 Å². The molecule has 0 amide bonds. The van der Waals surface area contributed by atoms with Gasteiger partial charge in [-0.15, -0.1) is 0 Å². The normalized spacial score (nSPS) is 12.4. The average Bonchev–Trinajstić information content (AvgIpc) is 1.65. The van der Waals surface area contributed by atoms with E-state index in [1.54, 1.807) is 0 Å². The van der Waals surface area contributed by atoms with Crippen LogP contribution in [0.1, 0.15) is 20.3 Å². The van der Waals surface area contributed by atoms with Crippen LogP contribution in [-0.4, -0.2) is 0 Å². The first kappa shape index (κ1) is 11.0. The van der Waals surface area contributed by atoms with Crippen LogP contribution < -0.4 is 0 Å². The van der Waals surface area contributed by atoms with Gasteiger partial charge >= 0.3 is 0 Å². The van der Waals surface area contributed by atoms with Crippen molar-refractivity contribution in [3.05, 3.63) is 13.3 Å². The van der Waals surface area contributed by atoms with Crippen molar-refractivity contribution in [3.63, 3.8) is 0 Å². The van der Waals surface area contributed by atoms with E-state index in [1.807, 2.05) is 0 Å². The molecular weight excluding hydrogens is 161 g/mol. The second kappa shape index (κ2) is 7.10. The summed E-state index contributed by atoms with van der Waals surface area (Å²) >= 11 is 0. The predicted molar refractivity (Wildman–Crippen MR) is 29.1 cm³/mol. The Morgan fingerprint density at radius 3 is 2.14 bits per heavy atom. The molecule has 0 aromatic heterocycles. The predicted octanol–water partition coefficient (Wildman–Crippen LogP) is 2.07. The Labute approximate surface area is 71.9 Å². The molecule has 0 aliphatic rings. The molecule has 0 bridgehead atoms. The quantitative estimate of drug-likeness (QED) is 0.560. The summed E-state index contributed by atoms with van der Waals surface area (Å²) in [5, 5.41) is 0. The maximum absolute atomic E-state index is 3.73. The monoisotopic (exact) mass is 173 g/mol. The van der Waals surface area contributed by atoms with Gasteiger partial charge in [-0.05, 0) is 0 Å². The maximum atomic E-state index is 3.73. The SMILES string of the molecule is [CH2-]CC(C)[CH-]C.[Y]. The van der Waals surface area contributed by atoms with Gasteiger partial charge in [0.25, 0.3) is 0 Å². The summed E-state index contributed by atoms with van der Waals surface area (Å²) in [6, 6.07) is 0. The van der Waals surface area contributed by atoms with E-state index in [2.05, 4.69) is 27.2 Å².